The first-order valence-electron chi connectivity index (χ1n) is 4.67. The molecule has 3 N–H and O–H groups in total. The molecule has 0 heterocycles. The van der Waals surface area contributed by atoms with Gasteiger partial charge in [0.05, 0.1) is 0 Å². The van der Waals surface area contributed by atoms with Crippen LogP contribution in [-0.4, -0.2) is 23.9 Å². The minimum Gasteiger partial charge on any atom is -0.383 e. The van der Waals surface area contributed by atoms with E-state index in [2.05, 4.69) is 0 Å². The van der Waals surface area contributed by atoms with Crippen LogP contribution in [0.2, 0.25) is 5.02 Å². The van der Waals surface area contributed by atoms with Gasteiger partial charge in [0.15, 0.2) is 6.10 Å². The topological polar surface area (TPSA) is 46.2 Å². The molecule has 1 aromatic carbocycles. The predicted molar refractivity (Wildman–Crippen MR) is 55.3 cm³/mol. The summed E-state index contributed by atoms with van der Waals surface area (Å²) in [5.74, 6) is -2.54. The molecule has 2 nitrogen and oxygen atoms in total. The number of halogens is 5. The number of rotatable bonds is 3. The molecule has 7 heteroatoms. The molecule has 2 unspecified atom stereocenters. The van der Waals surface area contributed by atoms with Crippen LogP contribution in [0.4, 0.5) is 17.6 Å². The van der Waals surface area contributed by atoms with Crippen molar-refractivity contribution in [3.63, 3.8) is 0 Å². The van der Waals surface area contributed by atoms with Gasteiger partial charge in [-0.3, -0.25) is 0 Å². The lowest BCUT2D eigenvalue weighted by Gasteiger charge is -2.25. The van der Waals surface area contributed by atoms with Crippen LogP contribution >= 0.6 is 11.6 Å². The van der Waals surface area contributed by atoms with Gasteiger partial charge in [0, 0.05) is 23.0 Å². The summed E-state index contributed by atoms with van der Waals surface area (Å²) in [4.78, 5) is 0. The molecule has 0 saturated carbocycles. The Morgan fingerprint density at radius 1 is 1.35 bits per heavy atom. The van der Waals surface area contributed by atoms with E-state index in [1.165, 1.54) is 12.1 Å². The minimum absolute atomic E-state index is 0.191. The van der Waals surface area contributed by atoms with E-state index in [9.17, 15) is 17.6 Å². The standard InChI is InChI=1S/C10H10ClF4NO/c11-6-2-1-3-7(12)8(6)5(4-16)9(17)10(13,14)15/h1-3,5,9,17H,4,16H2. The van der Waals surface area contributed by atoms with E-state index >= 15 is 0 Å². The molecular formula is C10H10ClF4NO. The van der Waals surface area contributed by atoms with Crippen molar-refractivity contribution in [2.75, 3.05) is 6.54 Å². The lowest BCUT2D eigenvalue weighted by atomic mass is 9.92. The molecular weight excluding hydrogens is 262 g/mol. The molecule has 0 aromatic heterocycles. The third-order valence-corrected chi connectivity index (χ3v) is 2.67. The molecule has 1 aromatic rings. The van der Waals surface area contributed by atoms with Crippen LogP contribution in [0.25, 0.3) is 0 Å². The second kappa shape index (κ2) is 5.20. The molecule has 0 aliphatic carbocycles. The van der Waals surface area contributed by atoms with Crippen LogP contribution in [0.1, 0.15) is 11.5 Å². The molecule has 17 heavy (non-hydrogen) atoms. The predicted octanol–water partition coefficient (Wildman–Crippen LogP) is 2.44. The quantitative estimate of drug-likeness (QED) is 0.830. The van der Waals surface area contributed by atoms with Gasteiger partial charge >= 0.3 is 6.18 Å². The van der Waals surface area contributed by atoms with E-state index in [-0.39, 0.29) is 5.02 Å². The number of aliphatic hydroxyl groups excluding tert-OH is 1. The Bertz CT molecular complexity index is 376. The number of alkyl halides is 3. The number of hydrogen-bond donors (Lipinski definition) is 2. The third kappa shape index (κ3) is 3.08. The monoisotopic (exact) mass is 271 g/mol. The molecule has 2 atom stereocenters. The highest BCUT2D eigenvalue weighted by atomic mass is 35.5. The largest absolute Gasteiger partial charge is 0.414 e. The maximum atomic E-state index is 13.4. The molecule has 0 saturated heterocycles. The Balaban J connectivity index is 3.19. The summed E-state index contributed by atoms with van der Waals surface area (Å²) in [6.07, 6.45) is -7.63. The van der Waals surface area contributed by atoms with E-state index in [4.69, 9.17) is 22.4 Å². The molecule has 0 fully saturated rings. The molecule has 0 radical (unpaired) electrons. The number of nitrogens with two attached hydrogens (primary N) is 1. The van der Waals surface area contributed by atoms with Gasteiger partial charge in [0.25, 0.3) is 0 Å². The Morgan fingerprint density at radius 3 is 2.35 bits per heavy atom. The van der Waals surface area contributed by atoms with E-state index < -0.39 is 36.1 Å². The highest BCUT2D eigenvalue weighted by molar-refractivity contribution is 6.31. The fourth-order valence-electron chi connectivity index (χ4n) is 1.50. The average Bonchev–Trinajstić information content (AvgIpc) is 2.21. The van der Waals surface area contributed by atoms with Gasteiger partial charge in [0.2, 0.25) is 0 Å². The van der Waals surface area contributed by atoms with Crippen molar-refractivity contribution in [2.45, 2.75) is 18.2 Å². The summed E-state index contributed by atoms with van der Waals surface area (Å²) in [6.45, 7) is -0.568. The van der Waals surface area contributed by atoms with Gasteiger partial charge in [-0.25, -0.2) is 4.39 Å². The number of hydrogen-bond acceptors (Lipinski definition) is 2. The van der Waals surface area contributed by atoms with Crippen molar-refractivity contribution in [3.05, 3.63) is 34.6 Å². The van der Waals surface area contributed by atoms with Gasteiger partial charge in [-0.2, -0.15) is 13.2 Å². The van der Waals surface area contributed by atoms with Crippen LogP contribution in [0.5, 0.6) is 0 Å². The lowest BCUT2D eigenvalue weighted by Crippen LogP contribution is -2.38. The number of aliphatic hydroxyl groups is 1. The molecule has 0 aliphatic rings. The zero-order chi connectivity index (χ0) is 13.2. The zero-order valence-corrected chi connectivity index (χ0v) is 9.26. The van der Waals surface area contributed by atoms with Gasteiger partial charge in [-0.15, -0.1) is 0 Å². The first kappa shape index (κ1) is 14.2. The van der Waals surface area contributed by atoms with Gasteiger partial charge in [-0.05, 0) is 12.1 Å². The van der Waals surface area contributed by atoms with Crippen molar-refractivity contribution >= 4 is 11.6 Å². The van der Waals surface area contributed by atoms with Crippen LogP contribution in [-0.2, 0) is 0 Å². The molecule has 96 valence electrons. The van der Waals surface area contributed by atoms with Crippen molar-refractivity contribution in [1.82, 2.24) is 0 Å². The van der Waals surface area contributed by atoms with Crippen LogP contribution in [0, 0.1) is 5.82 Å². The fraction of sp³-hybridized carbons (Fsp3) is 0.400. The Morgan fingerprint density at radius 2 is 1.94 bits per heavy atom. The molecule has 0 amide bonds. The maximum Gasteiger partial charge on any atom is 0.414 e. The van der Waals surface area contributed by atoms with Crippen molar-refractivity contribution in [3.8, 4) is 0 Å². The summed E-state index contributed by atoms with van der Waals surface area (Å²) < 4.78 is 50.5. The Hall–Kier alpha value is -0.850. The van der Waals surface area contributed by atoms with Gasteiger partial charge < -0.3 is 10.8 Å². The first-order chi connectivity index (χ1) is 7.79. The third-order valence-electron chi connectivity index (χ3n) is 2.34. The van der Waals surface area contributed by atoms with E-state index in [0.29, 0.717) is 0 Å². The van der Waals surface area contributed by atoms with Crippen LogP contribution in [0.3, 0.4) is 0 Å². The normalized spacial score (nSPS) is 15.7. The number of benzene rings is 1. The SMILES string of the molecule is NCC(c1c(F)cccc1Cl)C(O)C(F)(F)F. The van der Waals surface area contributed by atoms with E-state index in [1.807, 2.05) is 0 Å². The minimum atomic E-state index is -4.88. The summed E-state index contributed by atoms with van der Waals surface area (Å²) >= 11 is 5.62. The zero-order valence-electron chi connectivity index (χ0n) is 8.51. The summed E-state index contributed by atoms with van der Waals surface area (Å²) in [7, 11) is 0. The average molecular weight is 272 g/mol. The van der Waals surface area contributed by atoms with E-state index in [1.54, 1.807) is 0 Å². The van der Waals surface area contributed by atoms with Crippen molar-refractivity contribution in [2.24, 2.45) is 5.73 Å². The van der Waals surface area contributed by atoms with E-state index in [0.717, 1.165) is 6.07 Å². The van der Waals surface area contributed by atoms with Crippen molar-refractivity contribution in [1.29, 1.82) is 0 Å². The molecule has 0 aliphatic heterocycles. The summed E-state index contributed by atoms with van der Waals surface area (Å²) in [6, 6.07) is 3.47. The second-order valence-electron chi connectivity index (χ2n) is 3.46. The molecule has 0 bridgehead atoms. The van der Waals surface area contributed by atoms with Crippen molar-refractivity contribution < 1.29 is 22.7 Å². The highest BCUT2D eigenvalue weighted by Crippen LogP contribution is 2.35. The van der Waals surface area contributed by atoms with Gasteiger partial charge in [-0.1, -0.05) is 17.7 Å². The summed E-state index contributed by atoms with van der Waals surface area (Å²) in [5, 5.41) is 8.93. The second-order valence-corrected chi connectivity index (χ2v) is 3.87. The molecule has 0 spiro atoms. The first-order valence-corrected chi connectivity index (χ1v) is 5.05. The van der Waals surface area contributed by atoms with Crippen LogP contribution in [0.15, 0.2) is 18.2 Å². The highest BCUT2D eigenvalue weighted by Gasteiger charge is 2.44. The lowest BCUT2D eigenvalue weighted by molar-refractivity contribution is -0.210. The fourth-order valence-corrected chi connectivity index (χ4v) is 1.80. The Kier molecular flexibility index (Phi) is 4.35. The summed E-state index contributed by atoms with van der Waals surface area (Å²) in [5.41, 5.74) is 4.74. The smallest absolute Gasteiger partial charge is 0.383 e. The van der Waals surface area contributed by atoms with Crippen LogP contribution < -0.4 is 5.73 Å². The Labute approximate surface area is 100.0 Å². The van der Waals surface area contributed by atoms with Gasteiger partial charge in [0.1, 0.15) is 5.82 Å². The molecule has 1 rings (SSSR count). The maximum absolute atomic E-state index is 13.4.